The zero-order valence-corrected chi connectivity index (χ0v) is 18.9. The van der Waals surface area contributed by atoms with Crippen LogP contribution in [0.2, 0.25) is 10.0 Å². The lowest BCUT2D eigenvalue weighted by Gasteiger charge is -2.29. The Labute approximate surface area is 191 Å². The number of H-pyrrole nitrogens is 1. The zero-order valence-electron chi connectivity index (χ0n) is 15.7. The first kappa shape index (κ1) is 21.0. The minimum Gasteiger partial charge on any atom is -0.478 e. The van der Waals surface area contributed by atoms with Crippen LogP contribution in [-0.2, 0) is 0 Å². The summed E-state index contributed by atoms with van der Waals surface area (Å²) in [6.07, 6.45) is 1.54. The van der Waals surface area contributed by atoms with Gasteiger partial charge in [-0.3, -0.25) is 10.1 Å². The van der Waals surface area contributed by atoms with E-state index in [2.05, 4.69) is 20.2 Å². The van der Waals surface area contributed by atoms with Gasteiger partial charge in [-0.1, -0.05) is 46.8 Å². The first-order valence-corrected chi connectivity index (χ1v) is 11.0. The number of aromatic amines is 1. The third-order valence-corrected chi connectivity index (χ3v) is 7.16. The Kier molecular flexibility index (Phi) is 5.71. The highest BCUT2D eigenvalue weighted by atomic mass is 35.5. The molecule has 7 nitrogen and oxygen atoms in total. The number of hydrogen-bond donors (Lipinski definition) is 3. The van der Waals surface area contributed by atoms with Gasteiger partial charge in [-0.15, -0.1) is 0 Å². The number of piperidine rings is 1. The van der Waals surface area contributed by atoms with E-state index < -0.39 is 11.9 Å². The van der Waals surface area contributed by atoms with E-state index in [1.54, 1.807) is 19.1 Å². The molecule has 0 radical (unpaired) electrons. The van der Waals surface area contributed by atoms with Gasteiger partial charge in [0.15, 0.2) is 5.13 Å². The average Bonchev–Trinajstić information content (AvgIpc) is 3.23. The van der Waals surface area contributed by atoms with E-state index in [4.69, 9.17) is 35.4 Å². The Morgan fingerprint density at radius 3 is 2.57 bits per heavy atom. The Morgan fingerprint density at radius 2 is 1.97 bits per heavy atom. The molecule has 2 aromatic heterocycles. The zero-order chi connectivity index (χ0) is 21.6. The lowest BCUT2D eigenvalue weighted by molar-refractivity contribution is 0.0697. The molecule has 11 heteroatoms. The topological polar surface area (TPSA) is 98.3 Å². The molecule has 1 saturated heterocycles. The predicted octanol–water partition coefficient (Wildman–Crippen LogP) is 5.16. The first-order chi connectivity index (χ1) is 14.2. The second-order valence-corrected chi connectivity index (χ2v) is 9.26. The molecule has 1 aromatic carbocycles. The van der Waals surface area contributed by atoms with Crippen molar-refractivity contribution >= 4 is 84.5 Å². The van der Waals surface area contributed by atoms with Crippen molar-refractivity contribution in [3.63, 3.8) is 0 Å². The summed E-state index contributed by atoms with van der Waals surface area (Å²) in [5.74, 6) is -1.50. The van der Waals surface area contributed by atoms with Crippen LogP contribution in [-0.4, -0.2) is 44.9 Å². The summed E-state index contributed by atoms with van der Waals surface area (Å²) in [5, 5.41) is 13.0. The van der Waals surface area contributed by atoms with Gasteiger partial charge in [-0.05, 0) is 36.8 Å². The summed E-state index contributed by atoms with van der Waals surface area (Å²) in [6.45, 7) is 3.12. The molecule has 4 rings (SSSR count). The summed E-state index contributed by atoms with van der Waals surface area (Å²) in [5.41, 5.74) is 2.27. The third-order valence-electron chi connectivity index (χ3n) is 4.89. The van der Waals surface area contributed by atoms with E-state index >= 15 is 0 Å². The van der Waals surface area contributed by atoms with Crippen LogP contribution in [0.3, 0.4) is 0 Å². The number of thiazole rings is 1. The maximum Gasteiger partial charge on any atom is 0.335 e. The number of carboxylic acids is 1. The number of fused-ring (bicyclic) bond motifs is 1. The Bertz CT molecular complexity index is 1190. The van der Waals surface area contributed by atoms with Crippen molar-refractivity contribution < 1.29 is 14.7 Å². The fourth-order valence-electron chi connectivity index (χ4n) is 3.31. The Balaban J connectivity index is 1.71. The number of halogens is 2. The number of anilines is 2. The number of rotatable bonds is 4. The molecule has 1 fully saturated rings. The van der Waals surface area contributed by atoms with Crippen LogP contribution in [0.25, 0.3) is 10.2 Å². The molecule has 0 saturated carbocycles. The second-order valence-electron chi connectivity index (χ2n) is 6.90. The van der Waals surface area contributed by atoms with E-state index in [0.717, 1.165) is 23.4 Å². The highest BCUT2D eigenvalue weighted by Crippen LogP contribution is 2.36. The summed E-state index contributed by atoms with van der Waals surface area (Å²) in [4.78, 5) is 34.8. The molecule has 0 unspecified atom stereocenters. The normalized spacial score (nSPS) is 14.4. The molecule has 3 aromatic rings. The second kappa shape index (κ2) is 8.14. The van der Waals surface area contributed by atoms with Gasteiger partial charge in [0.1, 0.15) is 11.2 Å². The molecule has 156 valence electrons. The summed E-state index contributed by atoms with van der Waals surface area (Å²) in [6, 6.07) is 3.18. The van der Waals surface area contributed by atoms with E-state index in [-0.39, 0.29) is 16.3 Å². The molecular weight excluding hydrogens is 467 g/mol. The molecule has 1 amide bonds. The van der Waals surface area contributed by atoms with Gasteiger partial charge >= 0.3 is 5.97 Å². The maximum absolute atomic E-state index is 12.6. The smallest absolute Gasteiger partial charge is 0.335 e. The summed E-state index contributed by atoms with van der Waals surface area (Å²) >= 11 is 18.7. The van der Waals surface area contributed by atoms with Crippen LogP contribution in [0.15, 0.2) is 12.1 Å². The van der Waals surface area contributed by atoms with Crippen molar-refractivity contribution in [1.29, 1.82) is 0 Å². The van der Waals surface area contributed by atoms with Crippen LogP contribution in [0, 0.1) is 6.92 Å². The van der Waals surface area contributed by atoms with Gasteiger partial charge in [0.25, 0.3) is 5.91 Å². The highest BCUT2D eigenvalue weighted by Gasteiger charge is 2.23. The summed E-state index contributed by atoms with van der Waals surface area (Å²) in [7, 11) is 0. The van der Waals surface area contributed by atoms with Crippen LogP contribution >= 0.6 is 46.8 Å². The number of hydrogen-bond acceptors (Lipinski definition) is 6. The van der Waals surface area contributed by atoms with Gasteiger partial charge in [0.2, 0.25) is 0 Å². The summed E-state index contributed by atoms with van der Waals surface area (Å²) < 4.78 is 0.667. The number of amides is 1. The number of nitrogens with one attached hydrogen (secondary N) is 2. The lowest BCUT2D eigenvalue weighted by Crippen LogP contribution is -2.33. The van der Waals surface area contributed by atoms with Crippen LogP contribution in [0.1, 0.15) is 39.4 Å². The fraction of sp³-hybridized carbons (Fsp3) is 0.263. The van der Waals surface area contributed by atoms with Gasteiger partial charge < -0.3 is 15.0 Å². The number of aromatic carboxylic acids is 1. The third kappa shape index (κ3) is 3.90. The standard InChI is InChI=1S/C19H16Cl2N4O3S2/c1-8-13(20)14(21)16(22-8)17(26)24-19-23-15-11(25-4-2-10(29)3-5-25)6-9(18(27)28)7-12(15)30-19/h6-7,22H,2-5H2,1H3,(H,27,28)(H,23,24,26). The molecule has 0 bridgehead atoms. The van der Waals surface area contributed by atoms with Crippen molar-refractivity contribution in [3.05, 3.63) is 39.1 Å². The molecule has 1 aliphatic rings. The number of aromatic nitrogens is 2. The van der Waals surface area contributed by atoms with Gasteiger partial charge in [-0.2, -0.15) is 0 Å². The molecule has 3 N–H and O–H groups in total. The van der Waals surface area contributed by atoms with E-state index in [1.165, 1.54) is 11.3 Å². The van der Waals surface area contributed by atoms with Crippen LogP contribution in [0.5, 0.6) is 0 Å². The van der Waals surface area contributed by atoms with Crippen LogP contribution < -0.4 is 10.2 Å². The Morgan fingerprint density at radius 1 is 1.27 bits per heavy atom. The number of carboxylic acid groups (broad SMARTS) is 1. The number of benzene rings is 1. The number of nitrogens with zero attached hydrogens (tertiary/aromatic N) is 2. The van der Waals surface area contributed by atoms with Gasteiger partial charge in [0, 0.05) is 18.8 Å². The lowest BCUT2D eigenvalue weighted by atomic mass is 10.1. The molecule has 30 heavy (non-hydrogen) atoms. The maximum atomic E-state index is 12.6. The SMILES string of the molecule is Cc1[nH]c(C(=O)Nc2nc3c(N4CCC(=S)CC4)cc(C(=O)O)cc3s2)c(Cl)c1Cl. The van der Waals surface area contributed by atoms with E-state index in [0.29, 0.717) is 39.2 Å². The van der Waals surface area contributed by atoms with Crippen LogP contribution in [0.4, 0.5) is 10.8 Å². The minimum atomic E-state index is -1.02. The minimum absolute atomic E-state index is 0.144. The number of aryl methyl sites for hydroxylation is 1. The van der Waals surface area contributed by atoms with Gasteiger partial charge in [0.05, 0.1) is 26.0 Å². The fourth-order valence-corrected chi connectivity index (χ4v) is 4.84. The van der Waals surface area contributed by atoms with Crippen molar-refractivity contribution in [3.8, 4) is 0 Å². The number of thiocarbonyl (C=S) groups is 1. The van der Waals surface area contributed by atoms with Gasteiger partial charge in [-0.25, -0.2) is 9.78 Å². The quantitative estimate of drug-likeness (QED) is 0.444. The first-order valence-electron chi connectivity index (χ1n) is 9.04. The molecule has 0 aliphatic carbocycles. The van der Waals surface area contributed by atoms with Crippen molar-refractivity contribution in [2.45, 2.75) is 19.8 Å². The molecule has 0 atom stereocenters. The van der Waals surface area contributed by atoms with E-state index in [9.17, 15) is 14.7 Å². The van der Waals surface area contributed by atoms with E-state index in [1.807, 2.05) is 0 Å². The molecule has 3 heterocycles. The molecule has 0 spiro atoms. The monoisotopic (exact) mass is 482 g/mol. The number of carbonyl (C=O) groups is 2. The molecule has 1 aliphatic heterocycles. The number of carbonyl (C=O) groups excluding carboxylic acids is 1. The average molecular weight is 483 g/mol. The predicted molar refractivity (Wildman–Crippen MR) is 124 cm³/mol. The van der Waals surface area contributed by atoms with Crippen molar-refractivity contribution in [1.82, 2.24) is 9.97 Å². The largest absolute Gasteiger partial charge is 0.478 e. The van der Waals surface area contributed by atoms with Crippen molar-refractivity contribution in [2.75, 3.05) is 23.3 Å². The van der Waals surface area contributed by atoms with Crippen molar-refractivity contribution in [2.24, 2.45) is 0 Å². The highest BCUT2D eigenvalue weighted by molar-refractivity contribution is 7.80. The molecular formula is C19H16Cl2N4O3S2. The Hall–Kier alpha value is -2.20.